The Morgan fingerprint density at radius 2 is 1.89 bits per heavy atom. The van der Waals surface area contributed by atoms with Crippen LogP contribution < -0.4 is 0 Å². The molecule has 0 fully saturated rings. The number of aryl methyl sites for hydroxylation is 1. The Hall–Kier alpha value is -1.20. The van der Waals surface area contributed by atoms with E-state index in [0.717, 1.165) is 14.2 Å². The van der Waals surface area contributed by atoms with Gasteiger partial charge in [-0.1, -0.05) is 29.8 Å². The molecule has 0 unspecified atom stereocenters. The molecule has 0 amide bonds. The fourth-order valence-corrected chi connectivity index (χ4v) is 2.69. The maximum atomic E-state index is 10.9. The van der Waals surface area contributed by atoms with Crippen LogP contribution in [-0.2, 0) is 0 Å². The minimum atomic E-state index is -0.352. The SMILES string of the molecule is CC.Cc1ccc(-c2ccc(Br)cc2[N+](=O)[O-])s1. The summed E-state index contributed by atoms with van der Waals surface area (Å²) < 4.78 is 0.719. The first kappa shape index (κ1) is 14.9. The van der Waals surface area contributed by atoms with Crippen molar-refractivity contribution in [3.63, 3.8) is 0 Å². The Morgan fingerprint density at radius 3 is 2.39 bits per heavy atom. The third kappa shape index (κ3) is 3.40. The predicted molar refractivity (Wildman–Crippen MR) is 80.2 cm³/mol. The van der Waals surface area contributed by atoms with E-state index in [4.69, 9.17) is 0 Å². The van der Waals surface area contributed by atoms with E-state index in [9.17, 15) is 10.1 Å². The van der Waals surface area contributed by atoms with Crippen molar-refractivity contribution < 1.29 is 4.92 Å². The molecule has 5 heteroatoms. The van der Waals surface area contributed by atoms with Gasteiger partial charge in [0.15, 0.2) is 0 Å². The van der Waals surface area contributed by atoms with Gasteiger partial charge in [0.25, 0.3) is 5.69 Å². The van der Waals surface area contributed by atoms with Crippen molar-refractivity contribution in [1.82, 2.24) is 0 Å². The maximum Gasteiger partial charge on any atom is 0.279 e. The van der Waals surface area contributed by atoms with Crippen LogP contribution in [0.4, 0.5) is 5.69 Å². The summed E-state index contributed by atoms with van der Waals surface area (Å²) >= 11 is 4.80. The molecule has 1 heterocycles. The van der Waals surface area contributed by atoms with Crippen LogP contribution in [0, 0.1) is 17.0 Å². The van der Waals surface area contributed by atoms with Crippen LogP contribution >= 0.6 is 27.3 Å². The molecular weight excluding hydrogens is 314 g/mol. The largest absolute Gasteiger partial charge is 0.279 e. The van der Waals surface area contributed by atoms with Crippen molar-refractivity contribution in [3.05, 3.63) is 49.8 Å². The molecule has 1 aromatic carbocycles. The van der Waals surface area contributed by atoms with E-state index in [2.05, 4.69) is 15.9 Å². The third-order valence-electron chi connectivity index (χ3n) is 2.16. The van der Waals surface area contributed by atoms with Gasteiger partial charge < -0.3 is 0 Å². The molecule has 3 nitrogen and oxygen atoms in total. The molecular formula is C13H14BrNO2S. The number of nitro benzene ring substituents is 1. The van der Waals surface area contributed by atoms with E-state index in [0.29, 0.717) is 5.56 Å². The topological polar surface area (TPSA) is 43.1 Å². The molecule has 0 saturated heterocycles. The lowest BCUT2D eigenvalue weighted by Gasteiger charge is -2.00. The standard InChI is InChI=1S/C11H8BrNO2S.C2H6/c1-7-2-5-11(16-7)9-4-3-8(12)6-10(9)13(14)15;1-2/h2-6H,1H3;1-2H3. The van der Waals surface area contributed by atoms with Crippen LogP contribution in [0.15, 0.2) is 34.8 Å². The second-order valence-corrected chi connectivity index (χ2v) is 5.53. The Morgan fingerprint density at radius 1 is 1.22 bits per heavy atom. The molecule has 0 spiro atoms. The van der Waals surface area contributed by atoms with E-state index in [1.54, 1.807) is 17.4 Å². The monoisotopic (exact) mass is 327 g/mol. The van der Waals surface area contributed by atoms with E-state index in [-0.39, 0.29) is 10.6 Å². The second-order valence-electron chi connectivity index (χ2n) is 3.33. The molecule has 1 aromatic heterocycles. The minimum absolute atomic E-state index is 0.135. The molecule has 2 rings (SSSR count). The number of thiophene rings is 1. The molecule has 0 aliphatic rings. The van der Waals surface area contributed by atoms with E-state index in [1.807, 2.05) is 39.0 Å². The molecule has 0 aliphatic carbocycles. The average molecular weight is 328 g/mol. The van der Waals surface area contributed by atoms with Crippen LogP contribution in [0.5, 0.6) is 0 Å². The van der Waals surface area contributed by atoms with Gasteiger partial charge in [-0.2, -0.15) is 0 Å². The van der Waals surface area contributed by atoms with Crippen LogP contribution in [0.2, 0.25) is 0 Å². The highest BCUT2D eigenvalue weighted by atomic mass is 79.9. The summed E-state index contributed by atoms with van der Waals surface area (Å²) in [6.45, 7) is 5.98. The Balaban J connectivity index is 0.000000771. The summed E-state index contributed by atoms with van der Waals surface area (Å²) in [4.78, 5) is 12.7. The number of rotatable bonds is 2. The summed E-state index contributed by atoms with van der Waals surface area (Å²) in [6, 6.07) is 9.00. The Bertz CT molecular complexity index is 552. The number of nitro groups is 1. The molecule has 0 aliphatic heterocycles. The van der Waals surface area contributed by atoms with Crippen molar-refractivity contribution in [1.29, 1.82) is 0 Å². The van der Waals surface area contributed by atoms with Crippen molar-refractivity contribution in [2.75, 3.05) is 0 Å². The van der Waals surface area contributed by atoms with Gasteiger partial charge in [0.1, 0.15) is 0 Å². The van der Waals surface area contributed by atoms with Crippen molar-refractivity contribution >= 4 is 33.0 Å². The second kappa shape index (κ2) is 6.66. The first-order valence-electron chi connectivity index (χ1n) is 5.58. The highest BCUT2D eigenvalue weighted by molar-refractivity contribution is 9.10. The fraction of sp³-hybridized carbons (Fsp3) is 0.231. The van der Waals surface area contributed by atoms with E-state index >= 15 is 0 Å². The zero-order chi connectivity index (χ0) is 13.7. The summed E-state index contributed by atoms with van der Waals surface area (Å²) in [7, 11) is 0. The summed E-state index contributed by atoms with van der Waals surface area (Å²) in [6.07, 6.45) is 0. The first-order chi connectivity index (χ1) is 8.58. The van der Waals surface area contributed by atoms with Gasteiger partial charge in [0, 0.05) is 20.3 Å². The van der Waals surface area contributed by atoms with Crippen molar-refractivity contribution in [2.24, 2.45) is 0 Å². The zero-order valence-corrected chi connectivity index (χ0v) is 12.8. The number of nitrogens with zero attached hydrogens (tertiary/aromatic N) is 1. The summed E-state index contributed by atoms with van der Waals surface area (Å²) in [5.74, 6) is 0. The summed E-state index contributed by atoms with van der Waals surface area (Å²) in [5.41, 5.74) is 0.808. The van der Waals surface area contributed by atoms with E-state index in [1.165, 1.54) is 6.07 Å². The lowest BCUT2D eigenvalue weighted by molar-refractivity contribution is -0.384. The Kier molecular flexibility index (Phi) is 5.50. The van der Waals surface area contributed by atoms with Crippen LogP contribution in [0.25, 0.3) is 10.4 Å². The van der Waals surface area contributed by atoms with Crippen LogP contribution in [-0.4, -0.2) is 4.92 Å². The number of halogens is 1. The highest BCUT2D eigenvalue weighted by Crippen LogP contribution is 2.36. The third-order valence-corrected chi connectivity index (χ3v) is 3.69. The maximum absolute atomic E-state index is 10.9. The van der Waals surface area contributed by atoms with Gasteiger partial charge >= 0.3 is 0 Å². The van der Waals surface area contributed by atoms with Gasteiger partial charge in [-0.15, -0.1) is 11.3 Å². The summed E-state index contributed by atoms with van der Waals surface area (Å²) in [5, 5.41) is 10.9. The average Bonchev–Trinajstić information content (AvgIpc) is 2.78. The number of hydrogen-bond acceptors (Lipinski definition) is 3. The normalized spacial score (nSPS) is 9.56. The van der Waals surface area contributed by atoms with Gasteiger partial charge in [-0.25, -0.2) is 0 Å². The molecule has 0 atom stereocenters. The number of benzene rings is 1. The van der Waals surface area contributed by atoms with Gasteiger partial charge in [-0.05, 0) is 31.2 Å². The molecule has 0 N–H and O–H groups in total. The molecule has 0 bridgehead atoms. The smallest absolute Gasteiger partial charge is 0.258 e. The Labute approximate surface area is 119 Å². The quantitative estimate of drug-likeness (QED) is 0.546. The molecule has 18 heavy (non-hydrogen) atoms. The van der Waals surface area contributed by atoms with E-state index < -0.39 is 0 Å². The zero-order valence-electron chi connectivity index (χ0n) is 10.4. The molecule has 0 radical (unpaired) electrons. The molecule has 2 aromatic rings. The number of hydrogen-bond donors (Lipinski definition) is 0. The van der Waals surface area contributed by atoms with Crippen LogP contribution in [0.3, 0.4) is 0 Å². The lowest BCUT2D eigenvalue weighted by atomic mass is 10.1. The molecule has 0 saturated carbocycles. The van der Waals surface area contributed by atoms with Gasteiger partial charge in [0.2, 0.25) is 0 Å². The van der Waals surface area contributed by atoms with Crippen molar-refractivity contribution in [3.8, 4) is 10.4 Å². The predicted octanol–water partition coefficient (Wildman–Crippen LogP) is 5.42. The fourth-order valence-electron chi connectivity index (χ4n) is 1.44. The van der Waals surface area contributed by atoms with Crippen LogP contribution in [0.1, 0.15) is 18.7 Å². The van der Waals surface area contributed by atoms with Gasteiger partial charge in [0.05, 0.1) is 10.5 Å². The minimum Gasteiger partial charge on any atom is -0.258 e. The highest BCUT2D eigenvalue weighted by Gasteiger charge is 2.16. The first-order valence-corrected chi connectivity index (χ1v) is 7.19. The lowest BCUT2D eigenvalue weighted by Crippen LogP contribution is -1.90. The molecule has 96 valence electrons. The van der Waals surface area contributed by atoms with Gasteiger partial charge in [-0.3, -0.25) is 10.1 Å². The van der Waals surface area contributed by atoms with Crippen molar-refractivity contribution in [2.45, 2.75) is 20.8 Å².